The zero-order chi connectivity index (χ0) is 18.0. The normalized spacial score (nSPS) is 12.4. The lowest BCUT2D eigenvalue weighted by Crippen LogP contribution is -2.45. The van der Waals surface area contributed by atoms with Crippen LogP contribution in [-0.4, -0.2) is 50.9 Å². The van der Waals surface area contributed by atoms with E-state index in [1.165, 1.54) is 0 Å². The Labute approximate surface area is 141 Å². The van der Waals surface area contributed by atoms with Gasteiger partial charge in [-0.1, -0.05) is 30.3 Å². The summed E-state index contributed by atoms with van der Waals surface area (Å²) in [5.74, 6) is -0.923. The van der Waals surface area contributed by atoms with E-state index in [2.05, 4.69) is 15.4 Å². The molecule has 0 saturated heterocycles. The minimum Gasteiger partial charge on any atom is -0.481 e. The van der Waals surface area contributed by atoms with Gasteiger partial charge in [0.1, 0.15) is 0 Å². The third-order valence-electron chi connectivity index (χ3n) is 3.14. The Bertz CT molecular complexity index is 634. The molecule has 1 unspecified atom stereocenters. The van der Waals surface area contributed by atoms with Gasteiger partial charge in [-0.25, -0.2) is 17.9 Å². The van der Waals surface area contributed by atoms with Crippen LogP contribution in [0.3, 0.4) is 0 Å². The molecule has 4 N–H and O–H groups in total. The zero-order valence-corrected chi connectivity index (χ0v) is 14.3. The number of carboxylic acid groups (broad SMARTS) is 1. The number of hydrogen-bond acceptors (Lipinski definition) is 4. The van der Waals surface area contributed by atoms with Crippen molar-refractivity contribution in [1.82, 2.24) is 15.4 Å². The van der Waals surface area contributed by atoms with Gasteiger partial charge in [-0.3, -0.25) is 4.79 Å². The summed E-state index contributed by atoms with van der Waals surface area (Å²) in [7, 11) is -3.29. The van der Waals surface area contributed by atoms with Gasteiger partial charge in [-0.05, 0) is 18.4 Å². The summed E-state index contributed by atoms with van der Waals surface area (Å²) < 4.78 is 24.1. The summed E-state index contributed by atoms with van der Waals surface area (Å²) in [6.07, 6.45) is 1.81. The van der Waals surface area contributed by atoms with E-state index in [1.807, 2.05) is 30.3 Å². The number of nitrogens with one attached hydrogen (secondary N) is 3. The largest absolute Gasteiger partial charge is 0.481 e. The third-order valence-corrected chi connectivity index (χ3v) is 3.87. The van der Waals surface area contributed by atoms with Gasteiger partial charge in [0.15, 0.2) is 0 Å². The van der Waals surface area contributed by atoms with Gasteiger partial charge >= 0.3 is 12.0 Å². The number of amides is 2. The number of benzene rings is 1. The number of rotatable bonds is 10. The molecule has 1 rings (SSSR count). The van der Waals surface area contributed by atoms with Gasteiger partial charge in [0.25, 0.3) is 0 Å². The Morgan fingerprint density at radius 3 is 2.42 bits per heavy atom. The molecule has 1 atom stereocenters. The standard InChI is InChI=1S/C15H23N3O5S/c1-24(22,23)17-10-9-16-15(21)18-13(7-8-14(19)20)11-12-5-3-2-4-6-12/h2-6,13,17H,7-11H2,1H3,(H,19,20)(H2,16,18,21). The summed E-state index contributed by atoms with van der Waals surface area (Å²) in [6, 6.07) is 8.65. The van der Waals surface area contributed by atoms with E-state index in [1.54, 1.807) is 0 Å². The van der Waals surface area contributed by atoms with Crippen LogP contribution < -0.4 is 15.4 Å². The van der Waals surface area contributed by atoms with Crippen molar-refractivity contribution in [3.8, 4) is 0 Å². The quantitative estimate of drug-likeness (QED) is 0.449. The molecule has 0 aliphatic heterocycles. The molecule has 134 valence electrons. The average molecular weight is 357 g/mol. The van der Waals surface area contributed by atoms with Crippen LogP contribution in [0.25, 0.3) is 0 Å². The van der Waals surface area contributed by atoms with Crippen LogP contribution in [0.4, 0.5) is 4.79 Å². The second kappa shape index (κ2) is 9.89. The Hall–Kier alpha value is -2.13. The van der Waals surface area contributed by atoms with Gasteiger partial charge in [-0.2, -0.15) is 0 Å². The molecule has 0 bridgehead atoms. The molecule has 0 radical (unpaired) electrons. The Kier molecular flexibility index (Phi) is 8.20. The highest BCUT2D eigenvalue weighted by atomic mass is 32.2. The van der Waals surface area contributed by atoms with E-state index in [-0.39, 0.29) is 25.6 Å². The number of hydrogen-bond donors (Lipinski definition) is 4. The molecular weight excluding hydrogens is 334 g/mol. The fourth-order valence-corrected chi connectivity index (χ4v) is 2.54. The van der Waals surface area contributed by atoms with Gasteiger partial charge in [0.05, 0.1) is 6.26 Å². The van der Waals surface area contributed by atoms with Crippen molar-refractivity contribution < 1.29 is 23.1 Å². The fraction of sp³-hybridized carbons (Fsp3) is 0.467. The molecule has 0 aliphatic rings. The third kappa shape index (κ3) is 9.80. The second-order valence-electron chi connectivity index (χ2n) is 5.39. The van der Waals surface area contributed by atoms with Gasteiger partial charge < -0.3 is 15.7 Å². The van der Waals surface area contributed by atoms with Gasteiger partial charge in [-0.15, -0.1) is 0 Å². The summed E-state index contributed by atoms with van der Waals surface area (Å²) in [4.78, 5) is 22.6. The smallest absolute Gasteiger partial charge is 0.315 e. The van der Waals surface area contributed by atoms with E-state index in [4.69, 9.17) is 5.11 Å². The van der Waals surface area contributed by atoms with Crippen LogP contribution in [0, 0.1) is 0 Å². The molecule has 0 aliphatic carbocycles. The van der Waals surface area contributed by atoms with Crippen molar-refractivity contribution in [3.05, 3.63) is 35.9 Å². The van der Waals surface area contributed by atoms with Crippen molar-refractivity contribution in [3.63, 3.8) is 0 Å². The molecule has 1 aromatic carbocycles. The minimum absolute atomic E-state index is 0.0482. The molecular formula is C15H23N3O5S. The number of carbonyl (C=O) groups is 2. The highest BCUT2D eigenvalue weighted by molar-refractivity contribution is 7.88. The van der Waals surface area contributed by atoms with Crippen LogP contribution in [0.15, 0.2) is 30.3 Å². The topological polar surface area (TPSA) is 125 Å². The summed E-state index contributed by atoms with van der Waals surface area (Å²) in [5, 5.41) is 14.1. The average Bonchev–Trinajstić information content (AvgIpc) is 2.49. The molecule has 2 amide bonds. The lowest BCUT2D eigenvalue weighted by Gasteiger charge is -2.18. The van der Waals surface area contributed by atoms with E-state index < -0.39 is 22.0 Å². The predicted molar refractivity (Wildman–Crippen MR) is 90.2 cm³/mol. The molecule has 0 saturated carbocycles. The van der Waals surface area contributed by atoms with Crippen molar-refractivity contribution in [1.29, 1.82) is 0 Å². The highest BCUT2D eigenvalue weighted by Crippen LogP contribution is 2.07. The van der Waals surface area contributed by atoms with Gasteiger partial charge in [0.2, 0.25) is 10.0 Å². The summed E-state index contributed by atoms with van der Waals surface area (Å²) in [5.41, 5.74) is 0.993. The maximum atomic E-state index is 11.9. The van der Waals surface area contributed by atoms with Crippen LogP contribution in [-0.2, 0) is 21.2 Å². The van der Waals surface area contributed by atoms with E-state index in [0.29, 0.717) is 12.8 Å². The monoisotopic (exact) mass is 357 g/mol. The molecule has 0 fully saturated rings. The first kappa shape index (κ1) is 19.9. The van der Waals surface area contributed by atoms with E-state index in [9.17, 15) is 18.0 Å². The molecule has 0 aromatic heterocycles. The first-order chi connectivity index (χ1) is 11.3. The molecule has 0 heterocycles. The van der Waals surface area contributed by atoms with Crippen molar-refractivity contribution >= 4 is 22.0 Å². The fourth-order valence-electron chi connectivity index (χ4n) is 2.07. The Balaban J connectivity index is 2.47. The molecule has 0 spiro atoms. The molecule has 8 nitrogen and oxygen atoms in total. The van der Waals surface area contributed by atoms with Crippen LogP contribution in [0.5, 0.6) is 0 Å². The SMILES string of the molecule is CS(=O)(=O)NCCNC(=O)NC(CCC(=O)O)Cc1ccccc1. The number of urea groups is 1. The van der Waals surface area contributed by atoms with Gasteiger partial charge in [0, 0.05) is 25.6 Å². The van der Waals surface area contributed by atoms with Crippen molar-refractivity contribution in [2.75, 3.05) is 19.3 Å². The van der Waals surface area contributed by atoms with E-state index >= 15 is 0 Å². The number of aliphatic carboxylic acids is 1. The lowest BCUT2D eigenvalue weighted by atomic mass is 10.0. The van der Waals surface area contributed by atoms with Crippen molar-refractivity contribution in [2.24, 2.45) is 0 Å². The maximum absolute atomic E-state index is 11.9. The molecule has 1 aromatic rings. The maximum Gasteiger partial charge on any atom is 0.315 e. The molecule has 24 heavy (non-hydrogen) atoms. The number of carbonyl (C=O) groups excluding carboxylic acids is 1. The highest BCUT2D eigenvalue weighted by Gasteiger charge is 2.14. The number of sulfonamides is 1. The van der Waals surface area contributed by atoms with Crippen LogP contribution >= 0.6 is 0 Å². The Morgan fingerprint density at radius 2 is 1.83 bits per heavy atom. The van der Waals surface area contributed by atoms with E-state index in [0.717, 1.165) is 11.8 Å². The first-order valence-corrected chi connectivity index (χ1v) is 9.40. The second-order valence-corrected chi connectivity index (χ2v) is 7.22. The summed E-state index contributed by atoms with van der Waals surface area (Å²) in [6.45, 7) is 0.223. The minimum atomic E-state index is -3.29. The lowest BCUT2D eigenvalue weighted by molar-refractivity contribution is -0.137. The Morgan fingerprint density at radius 1 is 1.17 bits per heavy atom. The van der Waals surface area contributed by atoms with Crippen LogP contribution in [0.2, 0.25) is 0 Å². The zero-order valence-electron chi connectivity index (χ0n) is 13.5. The number of carboxylic acids is 1. The van der Waals surface area contributed by atoms with Crippen molar-refractivity contribution in [2.45, 2.75) is 25.3 Å². The van der Waals surface area contributed by atoms with Crippen LogP contribution in [0.1, 0.15) is 18.4 Å². The summed E-state index contributed by atoms with van der Waals surface area (Å²) >= 11 is 0. The molecule has 9 heteroatoms. The predicted octanol–water partition coefficient (Wildman–Crippen LogP) is 0.311. The first-order valence-electron chi connectivity index (χ1n) is 7.51.